The van der Waals surface area contributed by atoms with Gasteiger partial charge >= 0.3 is 0 Å². The number of nitrogens with zero attached hydrogens (tertiary/aromatic N) is 2. The van der Waals surface area contributed by atoms with Crippen molar-refractivity contribution in [2.45, 2.75) is 39.3 Å². The highest BCUT2D eigenvalue weighted by Crippen LogP contribution is 2.51. The average Bonchev–Trinajstić information content (AvgIpc) is 3.95. The van der Waals surface area contributed by atoms with E-state index in [1.807, 2.05) is 0 Å². The third-order valence-corrected chi connectivity index (χ3v) is 17.2. The molecule has 0 spiro atoms. The van der Waals surface area contributed by atoms with Gasteiger partial charge < -0.3 is 0 Å². The molecule has 4 nitrogen and oxygen atoms in total. The SMILES string of the molecule is C[Si](C)(C)C#CCN1C(=O)C2=C(c3ccc(-c4ccc(-c5cccs5)s4)s3)N(CC#C[Si](C)(C)C)C(=O)C2=C1c1ccc(-c2ccc(-c3cccs3)s2)s1. The molecular weight excluding hydrogens is 813 g/mol. The fourth-order valence-corrected chi connectivity index (χ4v) is 13.4. The summed E-state index contributed by atoms with van der Waals surface area (Å²) in [5.74, 6) is 6.34. The van der Waals surface area contributed by atoms with Crippen LogP contribution in [0.5, 0.6) is 0 Å². The van der Waals surface area contributed by atoms with Crippen molar-refractivity contribution in [3.8, 4) is 61.9 Å². The third kappa shape index (κ3) is 7.42. The summed E-state index contributed by atoms with van der Waals surface area (Å²) in [5, 5.41) is 4.20. The van der Waals surface area contributed by atoms with Crippen molar-refractivity contribution in [1.29, 1.82) is 0 Å². The molecule has 0 bridgehead atoms. The van der Waals surface area contributed by atoms with Crippen LogP contribution in [0.2, 0.25) is 39.3 Å². The van der Waals surface area contributed by atoms with Crippen LogP contribution < -0.4 is 0 Å². The molecule has 0 aromatic carbocycles. The van der Waals surface area contributed by atoms with E-state index in [-0.39, 0.29) is 24.9 Å². The summed E-state index contributed by atoms with van der Waals surface area (Å²) in [5.41, 5.74) is 9.14. The number of carbonyl (C=O) groups excluding carboxylic acids is 2. The molecule has 0 radical (unpaired) electrons. The van der Waals surface area contributed by atoms with E-state index in [4.69, 9.17) is 0 Å². The Bertz CT molecular complexity index is 2410. The Balaban J connectivity index is 1.25. The minimum atomic E-state index is -1.71. The lowest BCUT2D eigenvalue weighted by Gasteiger charge is -2.22. The van der Waals surface area contributed by atoms with Gasteiger partial charge in [0.2, 0.25) is 0 Å². The van der Waals surface area contributed by atoms with Crippen molar-refractivity contribution >= 4 is 107 Å². The number of hydrogen-bond donors (Lipinski definition) is 0. The molecule has 8 rings (SSSR count). The van der Waals surface area contributed by atoms with Crippen LogP contribution >= 0.6 is 68.0 Å². The molecule has 54 heavy (non-hydrogen) atoms. The Morgan fingerprint density at radius 1 is 0.463 bits per heavy atom. The Kier molecular flexibility index (Phi) is 10.1. The summed E-state index contributed by atoms with van der Waals surface area (Å²) >= 11 is 10.2. The first-order chi connectivity index (χ1) is 25.8. The quantitative estimate of drug-likeness (QED) is 0.113. The maximum Gasteiger partial charge on any atom is 0.262 e. The van der Waals surface area contributed by atoms with Crippen LogP contribution in [0.4, 0.5) is 0 Å². The van der Waals surface area contributed by atoms with Crippen molar-refractivity contribution in [1.82, 2.24) is 9.80 Å². The van der Waals surface area contributed by atoms with Crippen molar-refractivity contribution < 1.29 is 9.59 Å². The topological polar surface area (TPSA) is 40.6 Å². The van der Waals surface area contributed by atoms with E-state index in [1.54, 1.807) is 77.8 Å². The van der Waals surface area contributed by atoms with Crippen molar-refractivity contribution in [3.63, 3.8) is 0 Å². The standard InChI is InChI=1S/C42H36N2O2S6Si2/c1-53(2,3)25-9-21-43-39(35-19-17-33(51-35)31-15-13-29(49-31)27-11-7-23-47-27)37-38(41(43)45)40(44(42(37)46)22-10-26-54(4,5)6)36-20-18-34(52-36)32-16-14-30(50-32)28-12-8-24-48-28/h7-8,11-20,23-24H,21-22H2,1-6H3. The lowest BCUT2D eigenvalue weighted by atomic mass is 10.1. The molecule has 0 aliphatic carbocycles. The van der Waals surface area contributed by atoms with Gasteiger partial charge in [-0.1, -0.05) is 63.3 Å². The van der Waals surface area contributed by atoms with Gasteiger partial charge in [0, 0.05) is 39.0 Å². The predicted molar refractivity (Wildman–Crippen MR) is 241 cm³/mol. The largest absolute Gasteiger partial charge is 0.294 e. The molecule has 270 valence electrons. The summed E-state index contributed by atoms with van der Waals surface area (Å²) in [6.07, 6.45) is 0. The number of rotatable bonds is 8. The molecule has 2 amide bonds. The zero-order valence-electron chi connectivity index (χ0n) is 30.7. The maximum atomic E-state index is 14.8. The maximum absolute atomic E-state index is 14.8. The van der Waals surface area contributed by atoms with E-state index < -0.39 is 16.1 Å². The second-order valence-corrected chi connectivity index (χ2v) is 30.7. The van der Waals surface area contributed by atoms with Crippen LogP contribution in [0.1, 0.15) is 9.75 Å². The summed E-state index contributed by atoms with van der Waals surface area (Å²) in [6, 6.07) is 25.5. The average molecular weight is 849 g/mol. The fraction of sp³-hybridized carbons (Fsp3) is 0.190. The van der Waals surface area contributed by atoms with Crippen molar-refractivity contribution in [2.75, 3.05) is 13.1 Å². The molecule has 0 unspecified atom stereocenters. The van der Waals surface area contributed by atoms with E-state index in [0.717, 1.165) is 29.3 Å². The van der Waals surface area contributed by atoms with Gasteiger partial charge in [-0.25, -0.2) is 0 Å². The van der Waals surface area contributed by atoms with Crippen LogP contribution in [0.25, 0.3) is 50.4 Å². The van der Waals surface area contributed by atoms with Gasteiger partial charge in [0.15, 0.2) is 0 Å². The molecule has 2 aliphatic heterocycles. The minimum Gasteiger partial charge on any atom is -0.294 e. The monoisotopic (exact) mass is 848 g/mol. The van der Waals surface area contributed by atoms with Gasteiger partial charge in [-0.15, -0.1) is 79.1 Å². The highest BCUT2D eigenvalue weighted by Gasteiger charge is 2.49. The molecule has 0 saturated carbocycles. The molecular formula is C42H36N2O2S6Si2. The molecule has 0 saturated heterocycles. The first-order valence-electron chi connectivity index (χ1n) is 17.5. The molecule has 8 heterocycles. The number of hydrogen-bond acceptors (Lipinski definition) is 8. The second kappa shape index (κ2) is 14.7. The Hall–Kier alpha value is -3.83. The van der Waals surface area contributed by atoms with Crippen molar-refractivity contribution in [2.24, 2.45) is 0 Å². The van der Waals surface area contributed by atoms with Crippen LogP contribution in [0.15, 0.2) is 94.7 Å². The summed E-state index contributed by atoms with van der Waals surface area (Å²) in [4.78, 5) is 44.4. The summed E-state index contributed by atoms with van der Waals surface area (Å²) < 4.78 is 0. The third-order valence-electron chi connectivity index (χ3n) is 8.49. The number of fused-ring (bicyclic) bond motifs is 1. The van der Waals surface area contributed by atoms with E-state index in [0.29, 0.717) is 22.5 Å². The summed E-state index contributed by atoms with van der Waals surface area (Å²) in [6.45, 7) is 13.7. The predicted octanol–water partition coefficient (Wildman–Crippen LogP) is 12.3. The smallest absolute Gasteiger partial charge is 0.262 e. The molecule has 12 heteroatoms. The van der Waals surface area contributed by atoms with E-state index >= 15 is 0 Å². The van der Waals surface area contributed by atoms with Gasteiger partial charge in [0.05, 0.1) is 45.4 Å². The van der Waals surface area contributed by atoms with Crippen LogP contribution in [-0.2, 0) is 9.59 Å². The van der Waals surface area contributed by atoms with Crippen LogP contribution in [0, 0.1) is 22.9 Å². The van der Waals surface area contributed by atoms with E-state index in [2.05, 4.69) is 146 Å². The summed E-state index contributed by atoms with van der Waals surface area (Å²) in [7, 11) is -3.43. The second-order valence-electron chi connectivity index (χ2n) is 14.9. The van der Waals surface area contributed by atoms with Crippen molar-refractivity contribution in [3.05, 3.63) is 104 Å². The van der Waals surface area contributed by atoms with E-state index in [9.17, 15) is 9.59 Å². The Morgan fingerprint density at radius 2 is 0.778 bits per heavy atom. The highest BCUT2D eigenvalue weighted by molar-refractivity contribution is 7.27. The fourth-order valence-electron chi connectivity index (χ4n) is 6.22. The molecule has 0 fully saturated rings. The molecule has 0 atom stereocenters. The minimum absolute atomic E-state index is 0.175. The lowest BCUT2D eigenvalue weighted by molar-refractivity contribution is -0.123. The zero-order chi connectivity index (χ0) is 37.8. The highest BCUT2D eigenvalue weighted by atomic mass is 32.1. The normalized spacial score (nSPS) is 14.6. The van der Waals surface area contributed by atoms with Gasteiger partial charge in [-0.05, 0) is 71.4 Å². The molecule has 2 aliphatic rings. The number of thiophene rings is 6. The lowest BCUT2D eigenvalue weighted by Crippen LogP contribution is -2.30. The van der Waals surface area contributed by atoms with Gasteiger partial charge in [0.1, 0.15) is 16.1 Å². The van der Waals surface area contributed by atoms with E-state index in [1.165, 1.54) is 19.5 Å². The first-order valence-corrected chi connectivity index (χ1v) is 29.5. The van der Waals surface area contributed by atoms with Gasteiger partial charge in [-0.2, -0.15) is 0 Å². The Morgan fingerprint density at radius 3 is 1.09 bits per heavy atom. The van der Waals surface area contributed by atoms with Crippen LogP contribution in [0.3, 0.4) is 0 Å². The van der Waals surface area contributed by atoms with Gasteiger partial charge in [-0.3, -0.25) is 19.4 Å². The Labute approximate surface area is 342 Å². The zero-order valence-corrected chi connectivity index (χ0v) is 37.6. The number of amides is 2. The van der Waals surface area contributed by atoms with Crippen LogP contribution in [-0.4, -0.2) is 50.9 Å². The molecule has 0 N–H and O–H groups in total. The van der Waals surface area contributed by atoms with Gasteiger partial charge in [0.25, 0.3) is 11.8 Å². The first kappa shape index (κ1) is 37.1. The molecule has 6 aromatic heterocycles. The number of carbonyl (C=O) groups is 2. The molecule has 6 aromatic rings.